The van der Waals surface area contributed by atoms with Crippen LogP contribution in [0.4, 0.5) is 0 Å². The summed E-state index contributed by atoms with van der Waals surface area (Å²) in [6.07, 6.45) is 5.21. The van der Waals surface area contributed by atoms with Crippen molar-refractivity contribution >= 4 is 11.8 Å². The molecule has 0 bridgehead atoms. The SMILES string of the molecule is C#CC[C@H](NC(=O)c1cc(C)cc(C)c1)C(N)=O. The van der Waals surface area contributed by atoms with E-state index in [0.29, 0.717) is 5.56 Å². The summed E-state index contributed by atoms with van der Waals surface area (Å²) in [7, 11) is 0. The number of hydrogen-bond donors (Lipinski definition) is 2. The smallest absolute Gasteiger partial charge is 0.251 e. The van der Waals surface area contributed by atoms with Crippen LogP contribution in [0, 0.1) is 26.2 Å². The van der Waals surface area contributed by atoms with Gasteiger partial charge in [-0.1, -0.05) is 17.2 Å². The minimum Gasteiger partial charge on any atom is -0.368 e. The van der Waals surface area contributed by atoms with Crippen LogP contribution >= 0.6 is 0 Å². The third-order valence-corrected chi connectivity index (χ3v) is 2.45. The van der Waals surface area contributed by atoms with Gasteiger partial charge >= 0.3 is 0 Å². The summed E-state index contributed by atoms with van der Waals surface area (Å²) >= 11 is 0. The molecule has 1 rings (SSSR count). The second-order valence-electron chi connectivity index (χ2n) is 4.21. The molecule has 4 nitrogen and oxygen atoms in total. The molecule has 1 atom stereocenters. The molecule has 1 aromatic rings. The molecule has 0 aliphatic heterocycles. The monoisotopic (exact) mass is 244 g/mol. The molecule has 0 aliphatic rings. The largest absolute Gasteiger partial charge is 0.368 e. The maximum absolute atomic E-state index is 12.0. The van der Waals surface area contributed by atoms with E-state index in [0.717, 1.165) is 11.1 Å². The molecule has 4 heteroatoms. The molecule has 0 fully saturated rings. The minimum absolute atomic E-state index is 0.0892. The normalized spacial score (nSPS) is 11.4. The topological polar surface area (TPSA) is 72.2 Å². The van der Waals surface area contributed by atoms with E-state index in [9.17, 15) is 9.59 Å². The zero-order valence-corrected chi connectivity index (χ0v) is 10.5. The molecule has 0 saturated heterocycles. The lowest BCUT2D eigenvalue weighted by Crippen LogP contribution is -2.44. The third-order valence-electron chi connectivity index (χ3n) is 2.45. The van der Waals surface area contributed by atoms with E-state index >= 15 is 0 Å². The Labute approximate surface area is 107 Å². The predicted molar refractivity (Wildman–Crippen MR) is 69.8 cm³/mol. The summed E-state index contributed by atoms with van der Waals surface area (Å²) in [5, 5.41) is 2.53. The Bertz CT molecular complexity index is 495. The molecular weight excluding hydrogens is 228 g/mol. The number of carbonyl (C=O) groups is 2. The Morgan fingerprint density at radius 3 is 2.33 bits per heavy atom. The van der Waals surface area contributed by atoms with Crippen LogP contribution < -0.4 is 11.1 Å². The van der Waals surface area contributed by atoms with Crippen LogP contribution in [-0.4, -0.2) is 17.9 Å². The molecule has 0 spiro atoms. The van der Waals surface area contributed by atoms with Gasteiger partial charge in [-0.15, -0.1) is 12.3 Å². The standard InChI is InChI=1S/C14H16N2O2/c1-4-5-12(13(15)17)16-14(18)11-7-9(2)6-10(3)8-11/h1,6-8,12H,5H2,2-3H3,(H2,15,17)(H,16,18)/t12-/m0/s1. The average Bonchev–Trinajstić information content (AvgIpc) is 2.26. The van der Waals surface area contributed by atoms with Gasteiger partial charge in [0, 0.05) is 12.0 Å². The van der Waals surface area contributed by atoms with Crippen molar-refractivity contribution in [2.75, 3.05) is 0 Å². The summed E-state index contributed by atoms with van der Waals surface area (Å²) in [5.74, 6) is 1.33. The van der Waals surface area contributed by atoms with Crippen molar-refractivity contribution in [2.24, 2.45) is 5.73 Å². The highest BCUT2D eigenvalue weighted by Crippen LogP contribution is 2.09. The Morgan fingerprint density at radius 2 is 1.89 bits per heavy atom. The van der Waals surface area contributed by atoms with E-state index in [1.807, 2.05) is 19.9 Å². The Kier molecular flexibility index (Phi) is 4.50. The number of nitrogens with one attached hydrogen (secondary N) is 1. The molecule has 0 aliphatic carbocycles. The number of aryl methyl sites for hydroxylation is 2. The maximum Gasteiger partial charge on any atom is 0.251 e. The van der Waals surface area contributed by atoms with Crippen LogP contribution in [0.15, 0.2) is 18.2 Å². The Hall–Kier alpha value is -2.28. The highest BCUT2D eigenvalue weighted by Gasteiger charge is 2.17. The molecule has 0 aromatic heterocycles. The first kappa shape index (κ1) is 13.8. The van der Waals surface area contributed by atoms with Crippen LogP contribution in [0.1, 0.15) is 27.9 Å². The predicted octanol–water partition coefficient (Wildman–Crippen LogP) is 0.910. The molecule has 0 saturated carbocycles. The first-order valence-corrected chi connectivity index (χ1v) is 5.56. The van der Waals surface area contributed by atoms with E-state index in [1.165, 1.54) is 0 Å². The van der Waals surface area contributed by atoms with Gasteiger partial charge in [0.1, 0.15) is 6.04 Å². The molecule has 2 amide bonds. The van der Waals surface area contributed by atoms with E-state index in [1.54, 1.807) is 12.1 Å². The van der Waals surface area contributed by atoms with E-state index in [2.05, 4.69) is 11.2 Å². The van der Waals surface area contributed by atoms with E-state index in [4.69, 9.17) is 12.2 Å². The Balaban J connectivity index is 2.87. The van der Waals surface area contributed by atoms with Gasteiger partial charge in [-0.25, -0.2) is 0 Å². The van der Waals surface area contributed by atoms with Gasteiger partial charge in [-0.05, 0) is 26.0 Å². The summed E-state index contributed by atoms with van der Waals surface area (Å²) in [4.78, 5) is 23.1. The molecule has 94 valence electrons. The number of rotatable bonds is 4. The highest BCUT2D eigenvalue weighted by atomic mass is 16.2. The maximum atomic E-state index is 12.0. The van der Waals surface area contributed by atoms with Gasteiger partial charge in [-0.2, -0.15) is 0 Å². The number of carbonyl (C=O) groups excluding carboxylic acids is 2. The fourth-order valence-corrected chi connectivity index (χ4v) is 1.69. The highest BCUT2D eigenvalue weighted by molar-refractivity contribution is 5.97. The molecule has 18 heavy (non-hydrogen) atoms. The first-order chi connectivity index (χ1) is 8.43. The van der Waals surface area contributed by atoms with Crippen molar-refractivity contribution in [1.29, 1.82) is 0 Å². The van der Waals surface area contributed by atoms with Gasteiger partial charge in [0.2, 0.25) is 5.91 Å². The van der Waals surface area contributed by atoms with Crippen LogP contribution in [-0.2, 0) is 4.79 Å². The Morgan fingerprint density at radius 1 is 1.33 bits per heavy atom. The molecule has 1 aromatic carbocycles. The third kappa shape index (κ3) is 3.63. The van der Waals surface area contributed by atoms with Crippen LogP contribution in [0.2, 0.25) is 0 Å². The summed E-state index contributed by atoms with van der Waals surface area (Å²) in [5.41, 5.74) is 7.61. The van der Waals surface area contributed by atoms with Crippen LogP contribution in [0.3, 0.4) is 0 Å². The molecule has 3 N–H and O–H groups in total. The van der Waals surface area contributed by atoms with E-state index in [-0.39, 0.29) is 12.3 Å². The zero-order valence-electron chi connectivity index (χ0n) is 10.5. The van der Waals surface area contributed by atoms with Crippen molar-refractivity contribution in [3.8, 4) is 12.3 Å². The number of nitrogens with two attached hydrogens (primary N) is 1. The van der Waals surface area contributed by atoms with Crippen molar-refractivity contribution in [2.45, 2.75) is 26.3 Å². The number of hydrogen-bond acceptors (Lipinski definition) is 2. The van der Waals surface area contributed by atoms with Gasteiger partial charge in [-0.3, -0.25) is 9.59 Å². The van der Waals surface area contributed by atoms with Crippen molar-refractivity contribution in [3.63, 3.8) is 0 Å². The average molecular weight is 244 g/mol. The van der Waals surface area contributed by atoms with Gasteiger partial charge in [0.05, 0.1) is 0 Å². The fourth-order valence-electron chi connectivity index (χ4n) is 1.69. The molecule has 0 heterocycles. The molecular formula is C14H16N2O2. The van der Waals surface area contributed by atoms with Crippen LogP contribution in [0.5, 0.6) is 0 Å². The van der Waals surface area contributed by atoms with Crippen molar-refractivity contribution < 1.29 is 9.59 Å². The van der Waals surface area contributed by atoms with Crippen molar-refractivity contribution in [1.82, 2.24) is 5.32 Å². The second-order valence-corrected chi connectivity index (χ2v) is 4.21. The van der Waals surface area contributed by atoms with Crippen LogP contribution in [0.25, 0.3) is 0 Å². The second kappa shape index (κ2) is 5.87. The number of terminal acetylenes is 1. The zero-order chi connectivity index (χ0) is 13.7. The lowest BCUT2D eigenvalue weighted by Gasteiger charge is -2.13. The summed E-state index contributed by atoms with van der Waals surface area (Å²) in [6, 6.07) is 4.62. The first-order valence-electron chi connectivity index (χ1n) is 5.56. The quantitative estimate of drug-likeness (QED) is 0.773. The number of amides is 2. The number of primary amides is 1. The van der Waals surface area contributed by atoms with Gasteiger partial charge in [0.15, 0.2) is 0 Å². The lowest BCUT2D eigenvalue weighted by molar-refractivity contribution is -0.119. The van der Waals surface area contributed by atoms with Gasteiger partial charge < -0.3 is 11.1 Å². The summed E-state index contributed by atoms with van der Waals surface area (Å²) < 4.78 is 0. The lowest BCUT2D eigenvalue weighted by atomic mass is 10.1. The minimum atomic E-state index is -0.830. The molecule has 0 unspecified atom stereocenters. The summed E-state index contributed by atoms with van der Waals surface area (Å²) in [6.45, 7) is 3.80. The van der Waals surface area contributed by atoms with E-state index < -0.39 is 11.9 Å². The molecule has 0 radical (unpaired) electrons. The van der Waals surface area contributed by atoms with Gasteiger partial charge in [0.25, 0.3) is 5.91 Å². The fraction of sp³-hybridized carbons (Fsp3) is 0.286. The number of benzene rings is 1. The van der Waals surface area contributed by atoms with Crippen molar-refractivity contribution in [3.05, 3.63) is 34.9 Å².